The van der Waals surface area contributed by atoms with E-state index in [-0.39, 0.29) is 6.03 Å². The van der Waals surface area contributed by atoms with Crippen LogP contribution in [0.3, 0.4) is 0 Å². The summed E-state index contributed by atoms with van der Waals surface area (Å²) in [5, 5.41) is 9.90. The van der Waals surface area contributed by atoms with E-state index >= 15 is 0 Å². The quantitative estimate of drug-likeness (QED) is 0.816. The van der Waals surface area contributed by atoms with Gasteiger partial charge in [0.15, 0.2) is 0 Å². The van der Waals surface area contributed by atoms with Gasteiger partial charge in [-0.3, -0.25) is 4.68 Å². The molecule has 0 spiro atoms. The number of carbonyl (C=O) groups is 1. The second kappa shape index (κ2) is 8.35. The molecule has 0 aliphatic rings. The molecule has 24 heavy (non-hydrogen) atoms. The fourth-order valence-corrected chi connectivity index (χ4v) is 2.32. The summed E-state index contributed by atoms with van der Waals surface area (Å²) >= 11 is 0. The highest BCUT2D eigenvalue weighted by atomic mass is 16.5. The molecular formula is C17H24N4O3. The molecule has 2 amide bonds. The Hall–Kier alpha value is -2.54. The van der Waals surface area contributed by atoms with Gasteiger partial charge in [-0.05, 0) is 31.5 Å². The van der Waals surface area contributed by atoms with Crippen LogP contribution < -0.4 is 15.4 Å². The number of hydrogen-bond acceptors (Lipinski definition) is 4. The zero-order chi connectivity index (χ0) is 17.5. The van der Waals surface area contributed by atoms with Gasteiger partial charge in [-0.15, -0.1) is 0 Å². The maximum absolute atomic E-state index is 12.1. The maximum Gasteiger partial charge on any atom is 0.319 e. The van der Waals surface area contributed by atoms with E-state index in [0.29, 0.717) is 19.7 Å². The first-order chi connectivity index (χ1) is 11.5. The van der Waals surface area contributed by atoms with Gasteiger partial charge >= 0.3 is 6.03 Å². The molecule has 0 saturated heterocycles. The molecule has 0 bridgehead atoms. The van der Waals surface area contributed by atoms with Crippen LogP contribution in [0.15, 0.2) is 24.5 Å². The lowest BCUT2D eigenvalue weighted by molar-refractivity contribution is 0.183. The normalized spacial score (nSPS) is 10.5. The van der Waals surface area contributed by atoms with Crippen molar-refractivity contribution in [3.63, 3.8) is 0 Å². The molecule has 7 heteroatoms. The Bertz CT molecular complexity index is 697. The summed E-state index contributed by atoms with van der Waals surface area (Å²) in [6.07, 6.45) is 3.62. The van der Waals surface area contributed by atoms with Crippen LogP contribution in [0.4, 0.5) is 10.5 Å². The van der Waals surface area contributed by atoms with E-state index in [9.17, 15) is 4.79 Å². The van der Waals surface area contributed by atoms with E-state index < -0.39 is 0 Å². The van der Waals surface area contributed by atoms with Gasteiger partial charge in [0.2, 0.25) is 0 Å². The van der Waals surface area contributed by atoms with Crippen LogP contribution in [0, 0.1) is 13.8 Å². The molecule has 1 aromatic carbocycles. The highest BCUT2D eigenvalue weighted by Gasteiger charge is 2.09. The Morgan fingerprint density at radius 2 is 2.08 bits per heavy atom. The number of aromatic nitrogens is 2. The third-order valence-electron chi connectivity index (χ3n) is 3.64. The molecule has 2 N–H and O–H groups in total. The second-order valence-electron chi connectivity index (χ2n) is 5.55. The predicted molar refractivity (Wildman–Crippen MR) is 92.4 cm³/mol. The van der Waals surface area contributed by atoms with E-state index in [0.717, 1.165) is 28.1 Å². The Labute approximate surface area is 142 Å². The molecule has 0 unspecified atom stereocenters. The van der Waals surface area contributed by atoms with E-state index in [1.54, 1.807) is 25.1 Å². The average Bonchev–Trinajstić information content (AvgIpc) is 3.02. The lowest BCUT2D eigenvalue weighted by atomic mass is 10.1. The lowest BCUT2D eigenvalue weighted by Crippen LogP contribution is -2.28. The van der Waals surface area contributed by atoms with Crippen LogP contribution in [-0.4, -0.2) is 36.6 Å². The number of anilines is 1. The minimum Gasteiger partial charge on any atom is -0.496 e. The second-order valence-corrected chi connectivity index (χ2v) is 5.55. The summed E-state index contributed by atoms with van der Waals surface area (Å²) in [6, 6.07) is 3.59. The van der Waals surface area contributed by atoms with Crippen molar-refractivity contribution in [2.45, 2.75) is 26.9 Å². The molecule has 130 valence electrons. The molecule has 0 aliphatic carbocycles. The van der Waals surface area contributed by atoms with Crippen LogP contribution in [0.1, 0.15) is 16.7 Å². The van der Waals surface area contributed by atoms with E-state index in [1.807, 2.05) is 32.2 Å². The number of urea groups is 1. The van der Waals surface area contributed by atoms with Crippen molar-refractivity contribution in [2.75, 3.05) is 26.1 Å². The first-order valence-electron chi connectivity index (χ1n) is 7.74. The van der Waals surface area contributed by atoms with Gasteiger partial charge in [-0.25, -0.2) is 4.79 Å². The highest BCUT2D eigenvalue weighted by molar-refractivity contribution is 5.90. The van der Waals surface area contributed by atoms with Crippen LogP contribution in [0.5, 0.6) is 5.75 Å². The van der Waals surface area contributed by atoms with Crippen LogP contribution >= 0.6 is 0 Å². The van der Waals surface area contributed by atoms with Gasteiger partial charge in [0, 0.05) is 36.7 Å². The molecule has 0 radical (unpaired) electrons. The highest BCUT2D eigenvalue weighted by Crippen LogP contribution is 2.27. The molecule has 7 nitrogen and oxygen atoms in total. The van der Waals surface area contributed by atoms with Crippen molar-refractivity contribution in [1.29, 1.82) is 0 Å². The van der Waals surface area contributed by atoms with Crippen LogP contribution in [-0.2, 0) is 17.8 Å². The minimum atomic E-state index is -0.268. The molecule has 2 rings (SSSR count). The van der Waals surface area contributed by atoms with Crippen molar-refractivity contribution in [2.24, 2.45) is 0 Å². The molecule has 0 fully saturated rings. The van der Waals surface area contributed by atoms with Crippen molar-refractivity contribution in [1.82, 2.24) is 15.1 Å². The topological polar surface area (TPSA) is 77.4 Å². The smallest absolute Gasteiger partial charge is 0.319 e. The van der Waals surface area contributed by atoms with Gasteiger partial charge in [0.25, 0.3) is 0 Å². The van der Waals surface area contributed by atoms with Gasteiger partial charge in [-0.2, -0.15) is 5.10 Å². The number of nitrogens with one attached hydrogen (secondary N) is 2. The molecule has 2 aromatic rings. The van der Waals surface area contributed by atoms with Crippen molar-refractivity contribution in [3.8, 4) is 5.75 Å². The summed E-state index contributed by atoms with van der Waals surface area (Å²) < 4.78 is 12.1. The number of methoxy groups -OCH3 is 2. The average molecular weight is 332 g/mol. The van der Waals surface area contributed by atoms with Crippen molar-refractivity contribution >= 4 is 11.7 Å². The number of amides is 2. The molecule has 1 aromatic heterocycles. The third kappa shape index (κ3) is 4.73. The number of benzene rings is 1. The monoisotopic (exact) mass is 332 g/mol. The van der Waals surface area contributed by atoms with Gasteiger partial charge < -0.3 is 20.1 Å². The summed E-state index contributed by atoms with van der Waals surface area (Å²) in [6.45, 7) is 5.56. The zero-order valence-electron chi connectivity index (χ0n) is 14.5. The van der Waals surface area contributed by atoms with Crippen molar-refractivity contribution in [3.05, 3.63) is 41.2 Å². The predicted octanol–water partition coefficient (Wildman–Crippen LogP) is 2.48. The van der Waals surface area contributed by atoms with Crippen LogP contribution in [0.25, 0.3) is 0 Å². The molecular weight excluding hydrogens is 308 g/mol. The first-order valence-corrected chi connectivity index (χ1v) is 7.74. The number of rotatable bonds is 7. The SMILES string of the molecule is COCCn1cc(CNC(=O)Nc2cc(C)cc(OC)c2C)cn1. The maximum atomic E-state index is 12.1. The van der Waals surface area contributed by atoms with E-state index in [2.05, 4.69) is 15.7 Å². The Balaban J connectivity index is 1.92. The number of nitrogens with zero attached hydrogens (tertiary/aromatic N) is 2. The van der Waals surface area contributed by atoms with E-state index in [1.165, 1.54) is 0 Å². The van der Waals surface area contributed by atoms with Gasteiger partial charge in [0.1, 0.15) is 5.75 Å². The standard InChI is InChI=1S/C17H24N4O3/c1-12-7-15(13(2)16(8-12)24-4)20-17(22)18-9-14-10-19-21(11-14)5-6-23-3/h7-8,10-11H,5-6,9H2,1-4H3,(H2,18,20,22). The Kier molecular flexibility index (Phi) is 6.20. The fraction of sp³-hybridized carbons (Fsp3) is 0.412. The Morgan fingerprint density at radius 1 is 1.29 bits per heavy atom. The molecule has 0 aliphatic heterocycles. The van der Waals surface area contributed by atoms with Gasteiger partial charge in [-0.1, -0.05) is 0 Å². The fourth-order valence-electron chi connectivity index (χ4n) is 2.32. The largest absolute Gasteiger partial charge is 0.496 e. The number of hydrogen-bond donors (Lipinski definition) is 2. The van der Waals surface area contributed by atoms with E-state index in [4.69, 9.17) is 9.47 Å². The molecule has 1 heterocycles. The summed E-state index contributed by atoms with van der Waals surface area (Å²) in [4.78, 5) is 12.1. The number of carbonyl (C=O) groups excluding carboxylic acids is 1. The number of aryl methyl sites for hydroxylation is 1. The first kappa shape index (κ1) is 17.8. The van der Waals surface area contributed by atoms with Crippen LogP contribution in [0.2, 0.25) is 0 Å². The third-order valence-corrected chi connectivity index (χ3v) is 3.64. The lowest BCUT2D eigenvalue weighted by Gasteiger charge is -2.13. The summed E-state index contributed by atoms with van der Waals surface area (Å²) in [5.41, 5.74) is 3.58. The van der Waals surface area contributed by atoms with Crippen molar-refractivity contribution < 1.29 is 14.3 Å². The summed E-state index contributed by atoms with van der Waals surface area (Å²) in [5.74, 6) is 0.754. The number of ether oxygens (including phenoxy) is 2. The molecule has 0 saturated carbocycles. The zero-order valence-corrected chi connectivity index (χ0v) is 14.5. The van der Waals surface area contributed by atoms with Gasteiger partial charge in [0.05, 0.1) is 26.5 Å². The summed E-state index contributed by atoms with van der Waals surface area (Å²) in [7, 11) is 3.27. The molecule has 0 atom stereocenters. The Morgan fingerprint density at radius 3 is 2.79 bits per heavy atom. The minimum absolute atomic E-state index is 0.268.